The van der Waals surface area contributed by atoms with Gasteiger partial charge in [0.2, 0.25) is 5.91 Å². The van der Waals surface area contributed by atoms with Crippen molar-refractivity contribution in [3.8, 4) is 0 Å². The van der Waals surface area contributed by atoms with Crippen LogP contribution in [0.25, 0.3) is 0 Å². The van der Waals surface area contributed by atoms with Crippen LogP contribution in [-0.4, -0.2) is 28.3 Å². The van der Waals surface area contributed by atoms with Crippen LogP contribution in [-0.2, 0) is 4.79 Å². The topological polar surface area (TPSA) is 69.6 Å². The maximum atomic E-state index is 13.1. The number of fused-ring (bicyclic) bond motifs is 4. The number of aliphatic hydroxyl groups is 2. The number of allylic oxidation sites excluding steroid dienone is 2. The third kappa shape index (κ3) is 2.02. The summed E-state index contributed by atoms with van der Waals surface area (Å²) >= 11 is 0. The zero-order chi connectivity index (χ0) is 17.3. The number of hydrogen-bond acceptors (Lipinski definition) is 3. The van der Waals surface area contributed by atoms with Crippen LogP contribution in [0.5, 0.6) is 0 Å². The minimum atomic E-state index is -0.468. The minimum absolute atomic E-state index is 0.00667. The number of aliphatic hydroxyl groups excluding tert-OH is 2. The van der Waals surface area contributed by atoms with Gasteiger partial charge in [-0.15, -0.1) is 0 Å². The number of amides is 1. The highest BCUT2D eigenvalue weighted by Gasteiger charge is 2.60. The SMILES string of the molecule is C[C@H](O)[C@H]1CC[C@H]2C3=C(NC(=O)[C@]12C)[C@@]1(C)CC[C@H](O)C[C@@H]1CC3. The summed E-state index contributed by atoms with van der Waals surface area (Å²) in [6.07, 6.45) is 6.14. The first kappa shape index (κ1) is 16.6. The largest absolute Gasteiger partial charge is 0.393 e. The molecule has 0 bridgehead atoms. The minimum Gasteiger partial charge on any atom is -0.393 e. The zero-order valence-electron chi connectivity index (χ0n) is 15.1. The van der Waals surface area contributed by atoms with E-state index in [1.54, 1.807) is 0 Å². The molecule has 1 heterocycles. The Hall–Kier alpha value is -0.870. The molecule has 2 saturated carbocycles. The lowest BCUT2D eigenvalue weighted by molar-refractivity contribution is -0.138. The lowest BCUT2D eigenvalue weighted by Crippen LogP contribution is -2.56. The molecule has 0 unspecified atom stereocenters. The number of carbonyl (C=O) groups excluding carboxylic acids is 1. The van der Waals surface area contributed by atoms with Crippen LogP contribution in [0.15, 0.2) is 11.3 Å². The zero-order valence-corrected chi connectivity index (χ0v) is 15.1. The van der Waals surface area contributed by atoms with Crippen molar-refractivity contribution in [2.75, 3.05) is 0 Å². The fourth-order valence-corrected chi connectivity index (χ4v) is 6.59. The van der Waals surface area contributed by atoms with Gasteiger partial charge < -0.3 is 15.5 Å². The maximum absolute atomic E-state index is 13.1. The molecule has 1 aliphatic heterocycles. The van der Waals surface area contributed by atoms with Gasteiger partial charge in [0.1, 0.15) is 0 Å². The van der Waals surface area contributed by atoms with Crippen LogP contribution in [0.3, 0.4) is 0 Å². The van der Waals surface area contributed by atoms with E-state index in [9.17, 15) is 15.0 Å². The Bertz CT molecular complexity index is 598. The number of hydrogen-bond donors (Lipinski definition) is 3. The maximum Gasteiger partial charge on any atom is 0.231 e. The summed E-state index contributed by atoms with van der Waals surface area (Å²) in [4.78, 5) is 13.1. The molecule has 2 fully saturated rings. The summed E-state index contributed by atoms with van der Waals surface area (Å²) in [6.45, 7) is 6.19. The molecular formula is C20H31NO3. The summed E-state index contributed by atoms with van der Waals surface area (Å²) in [5.41, 5.74) is 2.18. The van der Waals surface area contributed by atoms with Crippen LogP contribution >= 0.6 is 0 Å². The van der Waals surface area contributed by atoms with Gasteiger partial charge in [0.25, 0.3) is 0 Å². The second kappa shape index (κ2) is 5.31. The second-order valence-electron chi connectivity index (χ2n) is 9.20. The third-order valence-electron chi connectivity index (χ3n) is 8.10. The molecule has 4 heteroatoms. The van der Waals surface area contributed by atoms with Crippen LogP contribution in [0, 0.1) is 28.6 Å². The molecule has 0 saturated heterocycles. The molecule has 7 atom stereocenters. The molecule has 3 aliphatic carbocycles. The lowest BCUT2D eigenvalue weighted by atomic mass is 9.55. The van der Waals surface area contributed by atoms with Gasteiger partial charge in [-0.2, -0.15) is 0 Å². The van der Waals surface area contributed by atoms with E-state index in [0.717, 1.165) is 44.9 Å². The van der Waals surface area contributed by atoms with Crippen molar-refractivity contribution in [3.63, 3.8) is 0 Å². The van der Waals surface area contributed by atoms with Crippen molar-refractivity contribution in [1.82, 2.24) is 5.32 Å². The molecule has 4 aliphatic rings. The van der Waals surface area contributed by atoms with E-state index in [1.807, 2.05) is 6.92 Å². The quantitative estimate of drug-likeness (QED) is 0.691. The molecule has 0 aromatic rings. The van der Waals surface area contributed by atoms with Crippen LogP contribution < -0.4 is 5.32 Å². The van der Waals surface area contributed by atoms with Crippen molar-refractivity contribution in [2.45, 2.75) is 77.9 Å². The molecule has 0 aromatic carbocycles. The molecule has 3 N–H and O–H groups in total. The molecule has 0 aromatic heterocycles. The van der Waals surface area contributed by atoms with E-state index in [-0.39, 0.29) is 29.3 Å². The van der Waals surface area contributed by atoms with Crippen LogP contribution in [0.4, 0.5) is 0 Å². The molecule has 4 rings (SSSR count). The predicted molar refractivity (Wildman–Crippen MR) is 91.9 cm³/mol. The van der Waals surface area contributed by atoms with Gasteiger partial charge in [-0.3, -0.25) is 4.79 Å². The molecule has 134 valence electrons. The van der Waals surface area contributed by atoms with E-state index in [4.69, 9.17) is 0 Å². The van der Waals surface area contributed by atoms with Crippen LogP contribution in [0.1, 0.15) is 65.7 Å². The third-order valence-corrected chi connectivity index (χ3v) is 8.10. The van der Waals surface area contributed by atoms with Gasteiger partial charge in [0.15, 0.2) is 0 Å². The van der Waals surface area contributed by atoms with Gasteiger partial charge >= 0.3 is 0 Å². The average molecular weight is 333 g/mol. The van der Waals surface area contributed by atoms with Gasteiger partial charge in [-0.1, -0.05) is 6.92 Å². The summed E-state index contributed by atoms with van der Waals surface area (Å²) in [5, 5.41) is 23.6. The summed E-state index contributed by atoms with van der Waals surface area (Å²) < 4.78 is 0. The van der Waals surface area contributed by atoms with Gasteiger partial charge in [-0.25, -0.2) is 0 Å². The van der Waals surface area contributed by atoms with Crippen molar-refractivity contribution < 1.29 is 15.0 Å². The first-order chi connectivity index (χ1) is 11.3. The summed E-state index contributed by atoms with van der Waals surface area (Å²) in [6, 6.07) is 0. The van der Waals surface area contributed by atoms with Crippen molar-refractivity contribution >= 4 is 5.91 Å². The molecule has 4 nitrogen and oxygen atoms in total. The highest BCUT2D eigenvalue weighted by Crippen LogP contribution is 2.61. The normalized spacial score (nSPS) is 49.1. The average Bonchev–Trinajstić information content (AvgIpc) is 2.88. The Kier molecular flexibility index (Phi) is 3.67. The number of carbonyl (C=O) groups is 1. The van der Waals surface area contributed by atoms with Gasteiger partial charge in [-0.05, 0) is 82.1 Å². The van der Waals surface area contributed by atoms with Crippen LogP contribution in [0.2, 0.25) is 0 Å². The molecule has 0 spiro atoms. The molecular weight excluding hydrogens is 302 g/mol. The Morgan fingerprint density at radius 1 is 1.21 bits per heavy atom. The van der Waals surface area contributed by atoms with Crippen molar-refractivity contribution in [1.29, 1.82) is 0 Å². The Morgan fingerprint density at radius 2 is 1.96 bits per heavy atom. The smallest absolute Gasteiger partial charge is 0.231 e. The first-order valence-electron chi connectivity index (χ1n) is 9.69. The number of rotatable bonds is 1. The highest BCUT2D eigenvalue weighted by molar-refractivity contribution is 5.87. The molecule has 1 amide bonds. The van der Waals surface area contributed by atoms with Gasteiger partial charge in [0, 0.05) is 11.1 Å². The van der Waals surface area contributed by atoms with Crippen molar-refractivity contribution in [3.05, 3.63) is 11.3 Å². The Morgan fingerprint density at radius 3 is 2.67 bits per heavy atom. The van der Waals surface area contributed by atoms with E-state index in [0.29, 0.717) is 5.92 Å². The first-order valence-corrected chi connectivity index (χ1v) is 9.69. The highest BCUT2D eigenvalue weighted by atomic mass is 16.3. The number of nitrogens with one attached hydrogen (secondary N) is 1. The van der Waals surface area contributed by atoms with Crippen molar-refractivity contribution in [2.24, 2.45) is 28.6 Å². The predicted octanol–water partition coefficient (Wildman–Crippen LogP) is 2.74. The fraction of sp³-hybridized carbons (Fsp3) is 0.850. The standard InChI is InChI=1S/C20H31NO3/c1-11(22)15-6-7-16-14-5-4-12-10-13(23)8-9-19(12,2)17(14)21-18(24)20(15,16)3/h11-13,15-16,22-23H,4-10H2,1-3H3,(H,21,24)/t11-,12-,13-,15+,16-,19-,20+/m0/s1. The Labute approximate surface area is 144 Å². The second-order valence-corrected chi connectivity index (χ2v) is 9.20. The van der Waals surface area contributed by atoms with E-state index >= 15 is 0 Å². The van der Waals surface area contributed by atoms with E-state index < -0.39 is 11.5 Å². The van der Waals surface area contributed by atoms with E-state index in [1.165, 1.54) is 11.3 Å². The molecule has 24 heavy (non-hydrogen) atoms. The summed E-state index contributed by atoms with van der Waals surface area (Å²) in [7, 11) is 0. The lowest BCUT2D eigenvalue weighted by Gasteiger charge is -2.54. The van der Waals surface area contributed by atoms with E-state index in [2.05, 4.69) is 19.2 Å². The fourth-order valence-electron chi connectivity index (χ4n) is 6.59. The monoisotopic (exact) mass is 333 g/mol. The summed E-state index contributed by atoms with van der Waals surface area (Å²) in [5.74, 6) is 0.919. The Balaban J connectivity index is 1.76. The molecule has 0 radical (unpaired) electrons. The van der Waals surface area contributed by atoms with Gasteiger partial charge in [0.05, 0.1) is 17.6 Å².